The third kappa shape index (κ3) is 2.84. The van der Waals surface area contributed by atoms with Crippen LogP contribution in [-0.4, -0.2) is 42.5 Å². The summed E-state index contributed by atoms with van der Waals surface area (Å²) in [5, 5.41) is 0.276. The molecule has 3 rings (SSSR count). The van der Waals surface area contributed by atoms with E-state index in [0.29, 0.717) is 13.0 Å². The van der Waals surface area contributed by atoms with Crippen molar-refractivity contribution in [1.29, 1.82) is 0 Å². The highest BCUT2D eigenvalue weighted by atomic mass is 35.7. The minimum absolute atomic E-state index is 0.000201. The highest BCUT2D eigenvalue weighted by Gasteiger charge is 2.37. The Hall–Kier alpha value is -0.660. The maximum absolute atomic E-state index is 11.8. The number of thiazole rings is 1. The lowest BCUT2D eigenvalue weighted by Crippen LogP contribution is -2.29. The topological polar surface area (TPSA) is 67.3 Å². The number of amides is 1. The van der Waals surface area contributed by atoms with Crippen LogP contribution >= 0.6 is 22.0 Å². The van der Waals surface area contributed by atoms with Crippen LogP contribution in [0.25, 0.3) is 0 Å². The van der Waals surface area contributed by atoms with Crippen LogP contribution in [-0.2, 0) is 33.1 Å². The fraction of sp³-hybridized carbons (Fsp3) is 0.667. The van der Waals surface area contributed by atoms with E-state index < -0.39 is 14.3 Å². The van der Waals surface area contributed by atoms with Crippen LogP contribution in [0.2, 0.25) is 0 Å². The summed E-state index contributed by atoms with van der Waals surface area (Å²) in [5.41, 5.74) is 1.21. The molecule has 1 atom stereocenters. The van der Waals surface area contributed by atoms with Gasteiger partial charge in [0.1, 0.15) is 5.25 Å². The second kappa shape index (κ2) is 5.27. The van der Waals surface area contributed by atoms with E-state index in [-0.39, 0.29) is 18.9 Å². The Kier molecular flexibility index (Phi) is 3.77. The molecule has 1 fully saturated rings. The number of rotatable bonds is 4. The number of aryl methyl sites for hydroxylation is 2. The van der Waals surface area contributed by atoms with Gasteiger partial charge in [0.05, 0.1) is 10.7 Å². The molecule has 1 aliphatic heterocycles. The van der Waals surface area contributed by atoms with E-state index in [9.17, 15) is 13.2 Å². The summed E-state index contributed by atoms with van der Waals surface area (Å²) in [6.45, 7) is 0.726. The van der Waals surface area contributed by atoms with Crippen molar-refractivity contribution in [1.82, 2.24) is 9.88 Å². The quantitative estimate of drug-likeness (QED) is 0.779. The third-order valence-corrected chi connectivity index (χ3v) is 6.90. The minimum Gasteiger partial charge on any atom is -0.341 e. The molecule has 5 nitrogen and oxygen atoms in total. The van der Waals surface area contributed by atoms with Gasteiger partial charge in [0, 0.05) is 41.5 Å². The fourth-order valence-electron chi connectivity index (χ4n) is 2.72. The molecular weight excluding hydrogens is 320 g/mol. The average Bonchev–Trinajstić information content (AvgIpc) is 2.98. The van der Waals surface area contributed by atoms with Gasteiger partial charge in [-0.2, -0.15) is 0 Å². The zero-order valence-electron chi connectivity index (χ0n) is 10.8. The van der Waals surface area contributed by atoms with Crippen molar-refractivity contribution in [3.63, 3.8) is 0 Å². The van der Waals surface area contributed by atoms with Crippen LogP contribution in [0, 0.1) is 0 Å². The molecule has 1 aromatic heterocycles. The number of hydrogen-bond acceptors (Lipinski definition) is 5. The summed E-state index contributed by atoms with van der Waals surface area (Å²) in [7, 11) is 1.67. The van der Waals surface area contributed by atoms with E-state index >= 15 is 0 Å². The number of halogens is 1. The first-order valence-electron chi connectivity index (χ1n) is 6.62. The van der Waals surface area contributed by atoms with Crippen LogP contribution in [0.1, 0.15) is 28.4 Å². The van der Waals surface area contributed by atoms with Gasteiger partial charge in [0.2, 0.25) is 15.0 Å². The van der Waals surface area contributed by atoms with Gasteiger partial charge in [0.25, 0.3) is 0 Å². The van der Waals surface area contributed by atoms with Crippen molar-refractivity contribution < 1.29 is 13.2 Å². The van der Waals surface area contributed by atoms with Crippen molar-refractivity contribution in [2.24, 2.45) is 0 Å². The summed E-state index contributed by atoms with van der Waals surface area (Å²) in [4.78, 5) is 19.3. The number of aromatic nitrogens is 1. The Balaban J connectivity index is 1.60. The Morgan fingerprint density at radius 3 is 2.85 bits per heavy atom. The molecule has 20 heavy (non-hydrogen) atoms. The van der Waals surface area contributed by atoms with Gasteiger partial charge in [-0.15, -0.1) is 11.3 Å². The molecule has 0 radical (unpaired) electrons. The van der Waals surface area contributed by atoms with Crippen molar-refractivity contribution >= 4 is 37.0 Å². The first kappa shape index (κ1) is 14.3. The number of hydrogen-bond donors (Lipinski definition) is 0. The smallest absolute Gasteiger partial charge is 0.237 e. The summed E-state index contributed by atoms with van der Waals surface area (Å²) in [6.07, 6.45) is 4.05. The predicted molar refractivity (Wildman–Crippen MR) is 77.6 cm³/mol. The van der Waals surface area contributed by atoms with E-state index in [0.717, 1.165) is 17.8 Å². The van der Waals surface area contributed by atoms with Gasteiger partial charge in [-0.3, -0.25) is 4.79 Å². The molecule has 0 saturated carbocycles. The number of likely N-dealkylation sites (tertiary alicyclic amines) is 1. The van der Waals surface area contributed by atoms with Gasteiger partial charge < -0.3 is 4.90 Å². The molecule has 0 bridgehead atoms. The fourth-order valence-corrected chi connectivity index (χ4v) is 4.93. The number of carbonyl (C=O) groups is 1. The standard InChI is InChI=1S/C12H15ClN2O3S2/c13-20(17,18)8-6-12(16)15(7-8)5-4-11-14-9-2-1-3-10(9)19-11/h8H,1-7H2. The normalized spacial score (nSPS) is 22.6. The molecule has 8 heteroatoms. The minimum atomic E-state index is -3.65. The lowest BCUT2D eigenvalue weighted by atomic mass is 10.3. The van der Waals surface area contributed by atoms with Gasteiger partial charge >= 0.3 is 0 Å². The van der Waals surface area contributed by atoms with E-state index in [1.54, 1.807) is 16.2 Å². The van der Waals surface area contributed by atoms with Crippen molar-refractivity contribution in [2.75, 3.05) is 13.1 Å². The molecule has 1 unspecified atom stereocenters. The monoisotopic (exact) mass is 334 g/mol. The molecule has 1 saturated heterocycles. The maximum Gasteiger partial charge on any atom is 0.237 e. The zero-order valence-corrected chi connectivity index (χ0v) is 13.2. The first-order valence-corrected chi connectivity index (χ1v) is 9.81. The molecule has 1 aromatic rings. The summed E-state index contributed by atoms with van der Waals surface area (Å²) in [5.74, 6) is -0.136. The number of nitrogens with zero attached hydrogens (tertiary/aromatic N) is 2. The predicted octanol–water partition coefficient (Wildman–Crippen LogP) is 1.34. The van der Waals surface area contributed by atoms with Crippen LogP contribution in [0.3, 0.4) is 0 Å². The van der Waals surface area contributed by atoms with Crippen molar-refractivity contribution in [2.45, 2.75) is 37.4 Å². The maximum atomic E-state index is 11.8. The van der Waals surface area contributed by atoms with Crippen LogP contribution in [0.15, 0.2) is 0 Å². The lowest BCUT2D eigenvalue weighted by Gasteiger charge is -2.14. The second-order valence-electron chi connectivity index (χ2n) is 5.22. The number of fused-ring (bicyclic) bond motifs is 1. The Morgan fingerprint density at radius 2 is 2.20 bits per heavy atom. The molecule has 2 aliphatic rings. The molecule has 0 aromatic carbocycles. The van der Waals surface area contributed by atoms with E-state index in [2.05, 4.69) is 4.98 Å². The Morgan fingerprint density at radius 1 is 1.40 bits per heavy atom. The SMILES string of the molecule is O=C1CC(S(=O)(=O)Cl)CN1CCc1nc2c(s1)CCC2. The summed E-state index contributed by atoms with van der Waals surface area (Å²) in [6, 6.07) is 0. The summed E-state index contributed by atoms with van der Waals surface area (Å²) < 4.78 is 22.5. The van der Waals surface area contributed by atoms with E-state index in [1.807, 2.05) is 0 Å². The molecular formula is C12H15ClN2O3S2. The van der Waals surface area contributed by atoms with E-state index in [1.165, 1.54) is 17.0 Å². The Labute approximate surface area is 126 Å². The molecule has 2 heterocycles. The van der Waals surface area contributed by atoms with Crippen molar-refractivity contribution in [3.8, 4) is 0 Å². The first-order chi connectivity index (χ1) is 9.43. The van der Waals surface area contributed by atoms with Gasteiger partial charge in [-0.1, -0.05) is 0 Å². The van der Waals surface area contributed by atoms with Gasteiger partial charge in [0.15, 0.2) is 0 Å². The van der Waals surface area contributed by atoms with Gasteiger partial charge in [-0.05, 0) is 19.3 Å². The number of carbonyl (C=O) groups excluding carboxylic acids is 1. The summed E-state index contributed by atoms with van der Waals surface area (Å²) >= 11 is 1.72. The van der Waals surface area contributed by atoms with Crippen molar-refractivity contribution in [3.05, 3.63) is 15.6 Å². The molecule has 0 spiro atoms. The third-order valence-electron chi connectivity index (χ3n) is 3.81. The van der Waals surface area contributed by atoms with Crippen LogP contribution in [0.4, 0.5) is 0 Å². The molecule has 1 amide bonds. The lowest BCUT2D eigenvalue weighted by molar-refractivity contribution is -0.127. The van der Waals surface area contributed by atoms with Gasteiger partial charge in [-0.25, -0.2) is 13.4 Å². The van der Waals surface area contributed by atoms with Crippen LogP contribution < -0.4 is 0 Å². The average molecular weight is 335 g/mol. The highest BCUT2D eigenvalue weighted by Crippen LogP contribution is 2.28. The second-order valence-corrected chi connectivity index (χ2v) is 9.30. The molecule has 1 aliphatic carbocycles. The Bertz CT molecular complexity index is 620. The molecule has 0 N–H and O–H groups in total. The zero-order chi connectivity index (χ0) is 14.3. The van der Waals surface area contributed by atoms with E-state index in [4.69, 9.17) is 10.7 Å². The highest BCUT2D eigenvalue weighted by molar-refractivity contribution is 8.14. The molecule has 110 valence electrons. The largest absolute Gasteiger partial charge is 0.341 e. The van der Waals surface area contributed by atoms with Crippen LogP contribution in [0.5, 0.6) is 0 Å².